The van der Waals surface area contributed by atoms with Gasteiger partial charge in [-0.1, -0.05) is 44.4 Å². The lowest BCUT2D eigenvalue weighted by molar-refractivity contribution is -0.125. The first kappa shape index (κ1) is 12.9. The molecule has 1 aliphatic carbocycles. The van der Waals surface area contributed by atoms with E-state index in [1.807, 2.05) is 30.3 Å². The molecule has 1 fully saturated rings. The van der Waals surface area contributed by atoms with Gasteiger partial charge in [0.25, 0.3) is 0 Å². The van der Waals surface area contributed by atoms with Gasteiger partial charge >= 0.3 is 0 Å². The van der Waals surface area contributed by atoms with E-state index < -0.39 is 5.54 Å². The van der Waals surface area contributed by atoms with Gasteiger partial charge in [-0.2, -0.15) is 0 Å². The van der Waals surface area contributed by atoms with Crippen molar-refractivity contribution in [2.75, 3.05) is 5.32 Å². The van der Waals surface area contributed by atoms with Gasteiger partial charge in [0.2, 0.25) is 5.91 Å². The largest absolute Gasteiger partial charge is 0.371 e. The molecule has 1 saturated carbocycles. The summed E-state index contributed by atoms with van der Waals surface area (Å²) in [5, 5.41) is 3.42. The molecule has 3 nitrogen and oxygen atoms in total. The Morgan fingerprint density at radius 2 is 2.11 bits per heavy atom. The topological polar surface area (TPSA) is 55.1 Å². The Morgan fingerprint density at radius 3 is 2.72 bits per heavy atom. The molecule has 0 aromatic heterocycles. The molecule has 0 radical (unpaired) electrons. The van der Waals surface area contributed by atoms with Gasteiger partial charge in [0, 0.05) is 5.69 Å². The highest BCUT2D eigenvalue weighted by Crippen LogP contribution is 2.38. The highest BCUT2D eigenvalue weighted by atomic mass is 16.1. The number of carbonyl (C=O) groups is 1. The molecule has 2 atom stereocenters. The summed E-state index contributed by atoms with van der Waals surface area (Å²) in [6, 6.07) is 9.90. The van der Waals surface area contributed by atoms with Crippen LogP contribution in [0.5, 0.6) is 0 Å². The standard InChI is InChI=1S/C15H22N2O/c1-2-12-8-6-7-11-15(12,14(16)18)17-13-9-4-3-5-10-13/h3-5,9-10,12,17H,2,6-8,11H2,1H3,(H2,16,18). The number of hydrogen-bond donors (Lipinski definition) is 2. The predicted molar refractivity (Wildman–Crippen MR) is 74.2 cm³/mol. The van der Waals surface area contributed by atoms with Crippen LogP contribution >= 0.6 is 0 Å². The van der Waals surface area contributed by atoms with Crippen molar-refractivity contribution in [3.63, 3.8) is 0 Å². The van der Waals surface area contributed by atoms with Gasteiger partial charge in [-0.15, -0.1) is 0 Å². The highest BCUT2D eigenvalue weighted by molar-refractivity contribution is 5.88. The number of hydrogen-bond acceptors (Lipinski definition) is 2. The quantitative estimate of drug-likeness (QED) is 0.858. The summed E-state index contributed by atoms with van der Waals surface area (Å²) in [5.74, 6) is 0.127. The van der Waals surface area contributed by atoms with E-state index in [9.17, 15) is 4.79 Å². The number of benzene rings is 1. The van der Waals surface area contributed by atoms with Gasteiger partial charge in [-0.05, 0) is 30.9 Å². The number of rotatable bonds is 4. The maximum Gasteiger partial charge on any atom is 0.243 e. The first-order valence-corrected chi connectivity index (χ1v) is 6.82. The molecule has 1 aromatic carbocycles. The van der Waals surface area contributed by atoms with E-state index in [2.05, 4.69) is 12.2 Å². The van der Waals surface area contributed by atoms with Crippen molar-refractivity contribution in [3.8, 4) is 0 Å². The summed E-state index contributed by atoms with van der Waals surface area (Å²) in [4.78, 5) is 12.0. The third-order valence-corrected chi connectivity index (χ3v) is 4.14. The fourth-order valence-electron chi connectivity index (χ4n) is 3.13. The number of carbonyl (C=O) groups excluding carboxylic acids is 1. The minimum absolute atomic E-state index is 0.210. The van der Waals surface area contributed by atoms with E-state index in [-0.39, 0.29) is 5.91 Å². The van der Waals surface area contributed by atoms with E-state index in [1.54, 1.807) is 0 Å². The second-order valence-corrected chi connectivity index (χ2v) is 5.18. The molecule has 0 saturated heterocycles. The lowest BCUT2D eigenvalue weighted by Crippen LogP contribution is -2.57. The maximum absolute atomic E-state index is 12.0. The van der Waals surface area contributed by atoms with Gasteiger partial charge in [-0.25, -0.2) is 0 Å². The molecule has 2 rings (SSSR count). The van der Waals surface area contributed by atoms with Crippen LogP contribution in [0.2, 0.25) is 0 Å². The molecule has 0 spiro atoms. The molecule has 1 aromatic rings. The maximum atomic E-state index is 12.0. The Bertz CT molecular complexity index is 404. The highest BCUT2D eigenvalue weighted by Gasteiger charge is 2.44. The van der Waals surface area contributed by atoms with Crippen LogP contribution in [0.3, 0.4) is 0 Å². The van der Waals surface area contributed by atoms with Crippen molar-refractivity contribution in [2.24, 2.45) is 11.7 Å². The molecular weight excluding hydrogens is 224 g/mol. The van der Waals surface area contributed by atoms with Gasteiger partial charge in [0.05, 0.1) is 0 Å². The number of para-hydroxylation sites is 1. The average Bonchev–Trinajstić information content (AvgIpc) is 2.40. The number of nitrogens with one attached hydrogen (secondary N) is 1. The van der Waals surface area contributed by atoms with Crippen LogP contribution in [0, 0.1) is 5.92 Å². The van der Waals surface area contributed by atoms with Gasteiger partial charge < -0.3 is 11.1 Å². The molecule has 0 aliphatic heterocycles. The van der Waals surface area contributed by atoms with Gasteiger partial charge in [0.1, 0.15) is 5.54 Å². The zero-order valence-corrected chi connectivity index (χ0v) is 11.0. The Labute approximate surface area is 109 Å². The zero-order valence-electron chi connectivity index (χ0n) is 11.0. The van der Waals surface area contributed by atoms with E-state index in [0.717, 1.165) is 31.4 Å². The fourth-order valence-corrected chi connectivity index (χ4v) is 3.13. The second kappa shape index (κ2) is 5.42. The lowest BCUT2D eigenvalue weighted by Gasteiger charge is -2.42. The molecule has 2 unspecified atom stereocenters. The van der Waals surface area contributed by atoms with Crippen molar-refractivity contribution in [3.05, 3.63) is 30.3 Å². The van der Waals surface area contributed by atoms with Crippen LogP contribution in [0.25, 0.3) is 0 Å². The summed E-state index contributed by atoms with van der Waals surface area (Å²) >= 11 is 0. The third-order valence-electron chi connectivity index (χ3n) is 4.14. The number of amides is 1. The van der Waals surface area contributed by atoms with Crippen LogP contribution in [-0.2, 0) is 4.79 Å². The summed E-state index contributed by atoms with van der Waals surface area (Å²) in [7, 11) is 0. The zero-order chi connectivity index (χ0) is 13.0. The Kier molecular flexibility index (Phi) is 3.90. The van der Waals surface area contributed by atoms with Crippen LogP contribution in [0.1, 0.15) is 39.0 Å². The normalized spacial score (nSPS) is 27.7. The molecule has 1 amide bonds. The third kappa shape index (κ3) is 2.35. The monoisotopic (exact) mass is 246 g/mol. The van der Waals surface area contributed by atoms with Crippen LogP contribution in [0.15, 0.2) is 30.3 Å². The molecule has 1 aliphatic rings. The Hall–Kier alpha value is -1.51. The molecule has 0 heterocycles. The van der Waals surface area contributed by atoms with Crippen molar-refractivity contribution in [1.82, 2.24) is 0 Å². The predicted octanol–water partition coefficient (Wildman–Crippen LogP) is 2.92. The van der Waals surface area contributed by atoms with E-state index in [0.29, 0.717) is 5.92 Å². The summed E-state index contributed by atoms with van der Waals surface area (Å²) in [5.41, 5.74) is 6.14. The second-order valence-electron chi connectivity index (χ2n) is 5.18. The Morgan fingerprint density at radius 1 is 1.39 bits per heavy atom. The van der Waals surface area contributed by atoms with Crippen molar-refractivity contribution in [1.29, 1.82) is 0 Å². The van der Waals surface area contributed by atoms with Gasteiger partial charge in [-0.3, -0.25) is 4.79 Å². The average molecular weight is 246 g/mol. The lowest BCUT2D eigenvalue weighted by atomic mass is 9.70. The summed E-state index contributed by atoms with van der Waals surface area (Å²) in [6.07, 6.45) is 5.18. The molecular formula is C15H22N2O. The minimum Gasteiger partial charge on any atom is -0.371 e. The van der Waals surface area contributed by atoms with Crippen molar-refractivity contribution >= 4 is 11.6 Å². The summed E-state index contributed by atoms with van der Waals surface area (Å²) in [6.45, 7) is 2.14. The van der Waals surface area contributed by atoms with Crippen molar-refractivity contribution in [2.45, 2.75) is 44.6 Å². The smallest absolute Gasteiger partial charge is 0.243 e. The SMILES string of the molecule is CCC1CCCCC1(Nc1ccccc1)C(N)=O. The van der Waals surface area contributed by atoms with Crippen molar-refractivity contribution < 1.29 is 4.79 Å². The number of nitrogens with two attached hydrogens (primary N) is 1. The van der Waals surface area contributed by atoms with Gasteiger partial charge in [0.15, 0.2) is 0 Å². The van der Waals surface area contributed by atoms with Crippen LogP contribution < -0.4 is 11.1 Å². The number of primary amides is 1. The van der Waals surface area contributed by atoms with E-state index in [1.165, 1.54) is 6.42 Å². The first-order chi connectivity index (χ1) is 8.69. The molecule has 3 N–H and O–H groups in total. The molecule has 3 heteroatoms. The molecule has 0 bridgehead atoms. The summed E-state index contributed by atoms with van der Waals surface area (Å²) < 4.78 is 0. The van der Waals surface area contributed by atoms with E-state index in [4.69, 9.17) is 5.73 Å². The van der Waals surface area contributed by atoms with Crippen LogP contribution in [-0.4, -0.2) is 11.4 Å². The Balaban J connectivity index is 2.28. The molecule has 18 heavy (non-hydrogen) atoms. The minimum atomic E-state index is -0.561. The van der Waals surface area contributed by atoms with E-state index >= 15 is 0 Å². The van der Waals surface area contributed by atoms with Crippen LogP contribution in [0.4, 0.5) is 5.69 Å². The fraction of sp³-hybridized carbons (Fsp3) is 0.533. The molecule has 98 valence electrons. The first-order valence-electron chi connectivity index (χ1n) is 6.82. The number of anilines is 1.